The molecule has 0 fully saturated rings. The minimum atomic E-state index is -1.21. The summed E-state index contributed by atoms with van der Waals surface area (Å²) >= 11 is 0. The Morgan fingerprint density at radius 3 is 2.72 bits per heavy atom. The fourth-order valence-corrected chi connectivity index (χ4v) is 1.51. The van der Waals surface area contributed by atoms with Gasteiger partial charge >= 0.3 is 5.97 Å². The second-order valence-corrected chi connectivity index (χ2v) is 3.66. The molecule has 0 aromatic heterocycles. The first-order valence-corrected chi connectivity index (χ1v) is 5.18. The van der Waals surface area contributed by atoms with Gasteiger partial charge < -0.3 is 19.9 Å². The molecule has 1 heterocycles. The highest BCUT2D eigenvalue weighted by atomic mass is 16.7. The van der Waals surface area contributed by atoms with Crippen LogP contribution in [0.5, 0.6) is 11.5 Å². The minimum Gasteiger partial charge on any atom is -0.477 e. The van der Waals surface area contributed by atoms with Crippen LogP contribution in [0, 0.1) is 0 Å². The number of nitrogens with one attached hydrogen (secondary N) is 1. The number of rotatable bonds is 3. The number of aliphatic carboxylic acids is 1. The normalized spacial score (nSPS) is 13.3. The topological polar surface area (TPSA) is 84.9 Å². The molecule has 1 aromatic rings. The lowest BCUT2D eigenvalue weighted by Gasteiger charge is -2.03. The molecule has 1 amide bonds. The number of carboxylic acids is 1. The lowest BCUT2D eigenvalue weighted by molar-refractivity contribution is -0.134. The van der Waals surface area contributed by atoms with E-state index in [-0.39, 0.29) is 12.5 Å². The van der Waals surface area contributed by atoms with Crippen molar-refractivity contribution in [2.24, 2.45) is 0 Å². The number of ether oxygens (including phenoxy) is 2. The van der Waals surface area contributed by atoms with Crippen LogP contribution in [-0.2, 0) is 9.59 Å². The summed E-state index contributed by atoms with van der Waals surface area (Å²) in [5.74, 6) is -0.480. The predicted molar refractivity (Wildman–Crippen MR) is 62.0 cm³/mol. The van der Waals surface area contributed by atoms with Crippen molar-refractivity contribution < 1.29 is 24.2 Å². The van der Waals surface area contributed by atoms with Gasteiger partial charge in [-0.3, -0.25) is 4.79 Å². The lowest BCUT2D eigenvalue weighted by atomic mass is 10.1. The van der Waals surface area contributed by atoms with Gasteiger partial charge in [-0.1, -0.05) is 6.07 Å². The van der Waals surface area contributed by atoms with Gasteiger partial charge in [0.1, 0.15) is 5.70 Å². The zero-order valence-corrected chi connectivity index (χ0v) is 9.60. The Kier molecular flexibility index (Phi) is 3.18. The van der Waals surface area contributed by atoms with Crippen LogP contribution in [0.15, 0.2) is 23.9 Å². The summed E-state index contributed by atoms with van der Waals surface area (Å²) < 4.78 is 10.3. The van der Waals surface area contributed by atoms with Crippen molar-refractivity contribution in [2.75, 3.05) is 6.79 Å². The van der Waals surface area contributed by atoms with Crippen LogP contribution in [0.25, 0.3) is 6.08 Å². The molecule has 0 bridgehead atoms. The molecular weight excluding hydrogens is 238 g/mol. The average molecular weight is 249 g/mol. The van der Waals surface area contributed by atoms with E-state index in [1.165, 1.54) is 13.0 Å². The van der Waals surface area contributed by atoms with Crippen LogP contribution in [0.4, 0.5) is 0 Å². The number of amides is 1. The molecule has 1 aliphatic heterocycles. The van der Waals surface area contributed by atoms with Crippen LogP contribution < -0.4 is 14.8 Å². The number of carboxylic acid groups (broad SMARTS) is 1. The van der Waals surface area contributed by atoms with Gasteiger partial charge in [-0.15, -0.1) is 0 Å². The second-order valence-electron chi connectivity index (χ2n) is 3.66. The Morgan fingerprint density at radius 1 is 1.33 bits per heavy atom. The van der Waals surface area contributed by atoms with Crippen molar-refractivity contribution in [2.45, 2.75) is 6.92 Å². The summed E-state index contributed by atoms with van der Waals surface area (Å²) in [5.41, 5.74) is 0.409. The molecule has 6 nitrogen and oxygen atoms in total. The molecule has 1 aromatic carbocycles. The number of fused-ring (bicyclic) bond motifs is 1. The van der Waals surface area contributed by atoms with E-state index in [9.17, 15) is 9.59 Å². The molecule has 0 spiro atoms. The molecule has 2 N–H and O–H groups in total. The maximum atomic E-state index is 10.9. The smallest absolute Gasteiger partial charge is 0.352 e. The van der Waals surface area contributed by atoms with E-state index >= 15 is 0 Å². The van der Waals surface area contributed by atoms with Crippen LogP contribution >= 0.6 is 0 Å². The van der Waals surface area contributed by atoms with E-state index in [0.717, 1.165) is 0 Å². The number of hydrogen-bond donors (Lipinski definition) is 2. The molecule has 18 heavy (non-hydrogen) atoms. The largest absolute Gasteiger partial charge is 0.477 e. The van der Waals surface area contributed by atoms with Gasteiger partial charge in [-0.05, 0) is 23.8 Å². The average Bonchev–Trinajstić information content (AvgIpc) is 2.74. The van der Waals surface area contributed by atoms with Gasteiger partial charge in [0, 0.05) is 6.92 Å². The van der Waals surface area contributed by atoms with Crippen molar-refractivity contribution >= 4 is 18.0 Å². The second kappa shape index (κ2) is 4.79. The SMILES string of the molecule is CC(=O)N/C(=C/c1ccc2c(c1)OCO2)C(=O)O. The zero-order chi connectivity index (χ0) is 13.1. The molecule has 0 radical (unpaired) electrons. The molecule has 0 atom stereocenters. The monoisotopic (exact) mass is 249 g/mol. The molecule has 1 aliphatic rings. The summed E-state index contributed by atoms with van der Waals surface area (Å²) in [6.07, 6.45) is 1.35. The summed E-state index contributed by atoms with van der Waals surface area (Å²) in [7, 11) is 0. The first-order chi connectivity index (χ1) is 8.56. The molecule has 6 heteroatoms. The molecule has 0 unspecified atom stereocenters. The number of benzene rings is 1. The van der Waals surface area contributed by atoms with Gasteiger partial charge in [0.15, 0.2) is 11.5 Å². The fraction of sp³-hybridized carbons (Fsp3) is 0.167. The maximum Gasteiger partial charge on any atom is 0.352 e. The molecule has 0 aliphatic carbocycles. The van der Waals surface area contributed by atoms with Crippen molar-refractivity contribution in [1.29, 1.82) is 0 Å². The Balaban J connectivity index is 2.29. The standard InChI is InChI=1S/C12H11NO5/c1-7(14)13-9(12(15)16)4-8-2-3-10-11(5-8)18-6-17-10/h2-5H,6H2,1H3,(H,13,14)(H,15,16)/b9-4+. The van der Waals surface area contributed by atoms with Crippen molar-refractivity contribution in [3.8, 4) is 11.5 Å². The van der Waals surface area contributed by atoms with E-state index < -0.39 is 11.9 Å². The van der Waals surface area contributed by atoms with Gasteiger partial charge in [0.25, 0.3) is 0 Å². The third kappa shape index (κ3) is 2.60. The van der Waals surface area contributed by atoms with E-state index in [2.05, 4.69) is 5.32 Å². The highest BCUT2D eigenvalue weighted by Crippen LogP contribution is 2.32. The summed E-state index contributed by atoms with van der Waals surface area (Å²) in [5, 5.41) is 11.2. The van der Waals surface area contributed by atoms with Crippen molar-refractivity contribution in [3.63, 3.8) is 0 Å². The molecule has 2 rings (SSSR count). The third-order valence-electron chi connectivity index (χ3n) is 2.25. The Morgan fingerprint density at radius 2 is 2.06 bits per heavy atom. The Bertz CT molecular complexity index is 535. The molecular formula is C12H11NO5. The highest BCUT2D eigenvalue weighted by molar-refractivity contribution is 5.96. The predicted octanol–water partition coefficient (Wildman–Crippen LogP) is 0.977. The van der Waals surface area contributed by atoms with E-state index in [0.29, 0.717) is 17.1 Å². The van der Waals surface area contributed by atoms with Crippen LogP contribution in [0.1, 0.15) is 12.5 Å². The Labute approximate surface area is 103 Å². The maximum absolute atomic E-state index is 10.9. The summed E-state index contributed by atoms with van der Waals surface area (Å²) in [6, 6.07) is 5.01. The van der Waals surface area contributed by atoms with Crippen LogP contribution in [0.2, 0.25) is 0 Å². The summed E-state index contributed by atoms with van der Waals surface area (Å²) in [6.45, 7) is 1.40. The van der Waals surface area contributed by atoms with Gasteiger partial charge in [0.05, 0.1) is 0 Å². The zero-order valence-electron chi connectivity index (χ0n) is 9.60. The van der Waals surface area contributed by atoms with Gasteiger partial charge in [0.2, 0.25) is 12.7 Å². The first kappa shape index (κ1) is 12.0. The third-order valence-corrected chi connectivity index (χ3v) is 2.25. The van der Waals surface area contributed by atoms with Crippen molar-refractivity contribution in [1.82, 2.24) is 5.32 Å². The first-order valence-electron chi connectivity index (χ1n) is 5.18. The fourth-order valence-electron chi connectivity index (χ4n) is 1.51. The molecule has 0 saturated carbocycles. The quantitative estimate of drug-likeness (QED) is 0.780. The van der Waals surface area contributed by atoms with E-state index in [1.54, 1.807) is 18.2 Å². The number of hydrogen-bond acceptors (Lipinski definition) is 4. The minimum absolute atomic E-state index is 0.153. The number of carbonyl (C=O) groups excluding carboxylic acids is 1. The number of carbonyl (C=O) groups is 2. The van der Waals surface area contributed by atoms with Crippen LogP contribution in [-0.4, -0.2) is 23.8 Å². The van der Waals surface area contributed by atoms with Gasteiger partial charge in [-0.25, -0.2) is 4.79 Å². The molecule has 0 saturated heterocycles. The van der Waals surface area contributed by atoms with Gasteiger partial charge in [-0.2, -0.15) is 0 Å². The summed E-state index contributed by atoms with van der Waals surface area (Å²) in [4.78, 5) is 21.8. The van der Waals surface area contributed by atoms with E-state index in [1.807, 2.05) is 0 Å². The lowest BCUT2D eigenvalue weighted by Crippen LogP contribution is -2.24. The van der Waals surface area contributed by atoms with Crippen LogP contribution in [0.3, 0.4) is 0 Å². The Hall–Kier alpha value is -2.50. The van der Waals surface area contributed by atoms with Crippen molar-refractivity contribution in [3.05, 3.63) is 29.5 Å². The molecule has 94 valence electrons. The van der Waals surface area contributed by atoms with E-state index in [4.69, 9.17) is 14.6 Å². The highest BCUT2D eigenvalue weighted by Gasteiger charge is 2.14.